The van der Waals surface area contributed by atoms with Crippen molar-refractivity contribution in [2.75, 3.05) is 24.3 Å². The molecule has 114 valence electrons. The smallest absolute Gasteiger partial charge is 0.258 e. The van der Waals surface area contributed by atoms with E-state index in [1.54, 1.807) is 13.2 Å². The number of aromatic nitrogens is 2. The Morgan fingerprint density at radius 2 is 2.09 bits per heavy atom. The van der Waals surface area contributed by atoms with E-state index < -0.39 is 0 Å². The third-order valence-electron chi connectivity index (χ3n) is 2.92. The molecule has 1 aromatic carbocycles. The van der Waals surface area contributed by atoms with Crippen LogP contribution in [0.2, 0.25) is 0 Å². The van der Waals surface area contributed by atoms with Crippen molar-refractivity contribution in [3.8, 4) is 5.75 Å². The Kier molecular flexibility index (Phi) is 5.08. The van der Waals surface area contributed by atoms with Crippen molar-refractivity contribution in [1.29, 1.82) is 0 Å². The molecule has 2 rings (SSSR count). The van der Waals surface area contributed by atoms with E-state index in [-0.39, 0.29) is 5.91 Å². The van der Waals surface area contributed by atoms with Crippen LogP contribution in [0.4, 0.5) is 11.6 Å². The van der Waals surface area contributed by atoms with Gasteiger partial charge in [0.05, 0.1) is 18.4 Å². The number of ether oxygens (including phenoxy) is 1. The quantitative estimate of drug-likeness (QED) is 0.802. The lowest BCUT2D eigenvalue weighted by Crippen LogP contribution is -2.14. The lowest BCUT2D eigenvalue weighted by atomic mass is 10.2. The number of hydrogen-bond acceptors (Lipinski definition) is 5. The van der Waals surface area contributed by atoms with E-state index >= 15 is 0 Å². The Morgan fingerprint density at radius 1 is 1.36 bits per heavy atom. The summed E-state index contributed by atoms with van der Waals surface area (Å²) in [4.78, 5) is 20.4. The molecule has 0 spiro atoms. The maximum absolute atomic E-state index is 12.2. The Balaban J connectivity index is 2.12. The SMILES string of the molecule is C=CCNc1ncc(C(=O)Nc2cc(C)ccc2OC)cn1. The number of amides is 1. The predicted molar refractivity (Wildman–Crippen MR) is 86.4 cm³/mol. The van der Waals surface area contributed by atoms with Gasteiger partial charge in [-0.25, -0.2) is 9.97 Å². The minimum atomic E-state index is -0.292. The first-order chi connectivity index (χ1) is 10.6. The molecule has 0 aliphatic carbocycles. The molecule has 6 heteroatoms. The highest BCUT2D eigenvalue weighted by Gasteiger charge is 2.11. The Labute approximate surface area is 129 Å². The van der Waals surface area contributed by atoms with Gasteiger partial charge < -0.3 is 15.4 Å². The van der Waals surface area contributed by atoms with Crippen LogP contribution in [0.3, 0.4) is 0 Å². The van der Waals surface area contributed by atoms with Gasteiger partial charge in [0.1, 0.15) is 5.75 Å². The van der Waals surface area contributed by atoms with Crippen LogP contribution in [-0.4, -0.2) is 29.5 Å². The molecule has 0 saturated carbocycles. The molecule has 0 bridgehead atoms. The van der Waals surface area contributed by atoms with E-state index in [0.29, 0.717) is 29.5 Å². The standard InChI is InChI=1S/C16H18N4O2/c1-4-7-17-16-18-9-12(10-19-16)15(21)20-13-8-11(2)5-6-14(13)22-3/h4-6,8-10H,1,7H2,2-3H3,(H,20,21)(H,17,18,19). The largest absolute Gasteiger partial charge is 0.495 e. The number of benzene rings is 1. The summed E-state index contributed by atoms with van der Waals surface area (Å²) in [6.07, 6.45) is 4.64. The molecule has 0 atom stereocenters. The van der Waals surface area contributed by atoms with Crippen molar-refractivity contribution in [1.82, 2.24) is 9.97 Å². The second kappa shape index (κ2) is 7.21. The molecule has 0 aliphatic rings. The number of nitrogens with one attached hydrogen (secondary N) is 2. The first-order valence-electron chi connectivity index (χ1n) is 6.77. The minimum absolute atomic E-state index is 0.292. The summed E-state index contributed by atoms with van der Waals surface area (Å²) >= 11 is 0. The monoisotopic (exact) mass is 298 g/mol. The fourth-order valence-corrected chi connectivity index (χ4v) is 1.81. The average Bonchev–Trinajstić information content (AvgIpc) is 2.53. The van der Waals surface area contributed by atoms with Gasteiger partial charge in [-0.05, 0) is 24.6 Å². The molecule has 2 N–H and O–H groups in total. The zero-order valence-electron chi connectivity index (χ0n) is 12.6. The summed E-state index contributed by atoms with van der Waals surface area (Å²) in [6, 6.07) is 5.57. The molecule has 22 heavy (non-hydrogen) atoms. The molecule has 0 unspecified atom stereocenters. The highest BCUT2D eigenvalue weighted by molar-refractivity contribution is 6.04. The zero-order chi connectivity index (χ0) is 15.9. The van der Waals surface area contributed by atoms with Crippen LogP contribution >= 0.6 is 0 Å². The zero-order valence-corrected chi connectivity index (χ0v) is 12.6. The predicted octanol–water partition coefficient (Wildman–Crippen LogP) is 2.64. The number of aryl methyl sites for hydroxylation is 1. The van der Waals surface area contributed by atoms with Gasteiger partial charge in [-0.2, -0.15) is 0 Å². The van der Waals surface area contributed by atoms with Crippen molar-refractivity contribution in [2.45, 2.75) is 6.92 Å². The fraction of sp³-hybridized carbons (Fsp3) is 0.188. The maximum atomic E-state index is 12.2. The summed E-state index contributed by atoms with van der Waals surface area (Å²) in [5.41, 5.74) is 2.00. The van der Waals surface area contributed by atoms with Gasteiger partial charge in [0.25, 0.3) is 5.91 Å². The van der Waals surface area contributed by atoms with Crippen molar-refractivity contribution in [3.05, 3.63) is 54.4 Å². The van der Waals surface area contributed by atoms with E-state index in [0.717, 1.165) is 5.56 Å². The van der Waals surface area contributed by atoms with Gasteiger partial charge in [-0.15, -0.1) is 6.58 Å². The van der Waals surface area contributed by atoms with Gasteiger partial charge >= 0.3 is 0 Å². The minimum Gasteiger partial charge on any atom is -0.495 e. The van der Waals surface area contributed by atoms with Crippen molar-refractivity contribution < 1.29 is 9.53 Å². The molecule has 1 aromatic heterocycles. The molecule has 2 aromatic rings. The maximum Gasteiger partial charge on any atom is 0.258 e. The number of rotatable bonds is 6. The van der Waals surface area contributed by atoms with Gasteiger partial charge in [0.2, 0.25) is 5.95 Å². The molecule has 1 amide bonds. The Bertz CT molecular complexity index is 668. The van der Waals surface area contributed by atoms with Crippen LogP contribution in [0.25, 0.3) is 0 Å². The van der Waals surface area contributed by atoms with E-state index in [9.17, 15) is 4.79 Å². The number of hydrogen-bond donors (Lipinski definition) is 2. The molecule has 0 radical (unpaired) electrons. The number of carbonyl (C=O) groups excluding carboxylic acids is 1. The summed E-state index contributed by atoms with van der Waals surface area (Å²) in [5, 5.41) is 5.74. The van der Waals surface area contributed by atoms with Crippen LogP contribution in [0, 0.1) is 6.92 Å². The lowest BCUT2D eigenvalue weighted by Gasteiger charge is -2.11. The van der Waals surface area contributed by atoms with E-state index in [2.05, 4.69) is 27.2 Å². The molecular formula is C16H18N4O2. The Morgan fingerprint density at radius 3 is 2.73 bits per heavy atom. The number of methoxy groups -OCH3 is 1. The van der Waals surface area contributed by atoms with E-state index in [1.807, 2.05) is 25.1 Å². The lowest BCUT2D eigenvalue weighted by molar-refractivity contribution is 0.102. The molecular weight excluding hydrogens is 280 g/mol. The second-order valence-corrected chi connectivity index (χ2v) is 4.62. The van der Waals surface area contributed by atoms with Gasteiger partial charge in [0.15, 0.2) is 0 Å². The van der Waals surface area contributed by atoms with Gasteiger partial charge in [-0.3, -0.25) is 4.79 Å². The summed E-state index contributed by atoms with van der Waals surface area (Å²) in [5.74, 6) is 0.757. The Hall–Kier alpha value is -2.89. The number of carbonyl (C=O) groups is 1. The van der Waals surface area contributed by atoms with E-state index in [4.69, 9.17) is 4.74 Å². The first kappa shape index (κ1) is 15.5. The third kappa shape index (κ3) is 3.82. The third-order valence-corrected chi connectivity index (χ3v) is 2.92. The molecule has 0 aliphatic heterocycles. The van der Waals surface area contributed by atoms with Crippen LogP contribution in [0.15, 0.2) is 43.2 Å². The summed E-state index contributed by atoms with van der Waals surface area (Å²) < 4.78 is 5.24. The van der Waals surface area contributed by atoms with Crippen LogP contribution in [0.1, 0.15) is 15.9 Å². The second-order valence-electron chi connectivity index (χ2n) is 4.62. The number of nitrogens with zero attached hydrogens (tertiary/aromatic N) is 2. The van der Waals surface area contributed by atoms with E-state index in [1.165, 1.54) is 12.4 Å². The van der Waals surface area contributed by atoms with Crippen LogP contribution in [-0.2, 0) is 0 Å². The van der Waals surface area contributed by atoms with Gasteiger partial charge in [0, 0.05) is 18.9 Å². The first-order valence-corrected chi connectivity index (χ1v) is 6.77. The normalized spacial score (nSPS) is 9.91. The molecule has 1 heterocycles. The molecule has 6 nitrogen and oxygen atoms in total. The highest BCUT2D eigenvalue weighted by atomic mass is 16.5. The molecule has 0 saturated heterocycles. The van der Waals surface area contributed by atoms with Gasteiger partial charge in [-0.1, -0.05) is 12.1 Å². The fourth-order valence-electron chi connectivity index (χ4n) is 1.81. The molecule has 0 fully saturated rings. The van der Waals surface area contributed by atoms with Crippen molar-refractivity contribution >= 4 is 17.5 Å². The van der Waals surface area contributed by atoms with Crippen molar-refractivity contribution in [3.63, 3.8) is 0 Å². The summed E-state index contributed by atoms with van der Waals surface area (Å²) in [7, 11) is 1.56. The highest BCUT2D eigenvalue weighted by Crippen LogP contribution is 2.25. The van der Waals surface area contributed by atoms with Crippen molar-refractivity contribution in [2.24, 2.45) is 0 Å². The van der Waals surface area contributed by atoms with Crippen LogP contribution in [0.5, 0.6) is 5.75 Å². The summed E-state index contributed by atoms with van der Waals surface area (Å²) in [6.45, 7) is 6.10. The topological polar surface area (TPSA) is 76.1 Å². The van der Waals surface area contributed by atoms with Crippen LogP contribution < -0.4 is 15.4 Å². The number of anilines is 2. The average molecular weight is 298 g/mol.